The quantitative estimate of drug-likeness (QED) is 0.529. The number of hydrogen-bond donors (Lipinski definition) is 2. The standard InChI is InChI=1S/C21H18N4O3/c22-19(26)13-24-12-15(16-8-4-5-9-18(16)24)10-17-20(27)25(21(28)23-17)11-14-6-2-1-3-7-14/h1-10,12H,11,13H2,(H2,22,26)(H,23,28)/b17-10-. The van der Waals surface area contributed by atoms with Gasteiger partial charge in [-0.15, -0.1) is 0 Å². The zero-order valence-corrected chi connectivity index (χ0v) is 15.0. The highest BCUT2D eigenvalue weighted by Gasteiger charge is 2.33. The number of benzene rings is 2. The zero-order chi connectivity index (χ0) is 19.7. The van der Waals surface area contributed by atoms with E-state index in [1.165, 1.54) is 4.90 Å². The first-order chi connectivity index (χ1) is 13.5. The Hall–Kier alpha value is -3.87. The highest BCUT2D eigenvalue weighted by molar-refractivity contribution is 6.14. The predicted octanol–water partition coefficient (Wildman–Crippen LogP) is 2.22. The third-order valence-corrected chi connectivity index (χ3v) is 4.59. The van der Waals surface area contributed by atoms with E-state index in [0.717, 1.165) is 22.0 Å². The summed E-state index contributed by atoms with van der Waals surface area (Å²) in [4.78, 5) is 37.5. The van der Waals surface area contributed by atoms with Crippen LogP contribution < -0.4 is 11.1 Å². The van der Waals surface area contributed by atoms with Gasteiger partial charge in [-0.3, -0.25) is 14.5 Å². The monoisotopic (exact) mass is 374 g/mol. The minimum atomic E-state index is -0.459. The van der Waals surface area contributed by atoms with Crippen molar-refractivity contribution in [1.82, 2.24) is 14.8 Å². The molecule has 2 aromatic carbocycles. The van der Waals surface area contributed by atoms with E-state index in [1.807, 2.05) is 54.6 Å². The van der Waals surface area contributed by atoms with E-state index in [2.05, 4.69) is 5.32 Å². The van der Waals surface area contributed by atoms with Crippen LogP contribution in [-0.4, -0.2) is 27.3 Å². The van der Waals surface area contributed by atoms with Crippen LogP contribution in [0.2, 0.25) is 0 Å². The number of amides is 4. The maximum Gasteiger partial charge on any atom is 0.329 e. The van der Waals surface area contributed by atoms with Crippen LogP contribution in [0.4, 0.5) is 4.79 Å². The van der Waals surface area contributed by atoms with Crippen molar-refractivity contribution in [3.63, 3.8) is 0 Å². The maximum atomic E-state index is 12.7. The SMILES string of the molecule is NC(=O)Cn1cc(/C=C2\NC(=O)N(Cc3ccccc3)C2=O)c2ccccc21. The molecule has 3 aromatic rings. The number of nitrogens with one attached hydrogen (secondary N) is 1. The first-order valence-corrected chi connectivity index (χ1v) is 8.77. The van der Waals surface area contributed by atoms with Crippen LogP contribution in [-0.2, 0) is 22.7 Å². The Morgan fingerprint density at radius 1 is 1.04 bits per heavy atom. The maximum absolute atomic E-state index is 12.7. The molecule has 28 heavy (non-hydrogen) atoms. The molecule has 0 radical (unpaired) electrons. The number of para-hydroxylation sites is 1. The summed E-state index contributed by atoms with van der Waals surface area (Å²) in [6, 6.07) is 16.4. The van der Waals surface area contributed by atoms with E-state index in [9.17, 15) is 14.4 Å². The van der Waals surface area contributed by atoms with Crippen molar-refractivity contribution in [2.24, 2.45) is 5.73 Å². The lowest BCUT2D eigenvalue weighted by atomic mass is 10.1. The lowest BCUT2D eigenvalue weighted by Crippen LogP contribution is -2.30. The van der Waals surface area contributed by atoms with Crippen LogP contribution in [0.3, 0.4) is 0 Å². The number of carbonyl (C=O) groups excluding carboxylic acids is 3. The third kappa shape index (κ3) is 3.25. The molecular weight excluding hydrogens is 356 g/mol. The first-order valence-electron chi connectivity index (χ1n) is 8.77. The van der Waals surface area contributed by atoms with Crippen molar-refractivity contribution in [2.75, 3.05) is 0 Å². The second-order valence-electron chi connectivity index (χ2n) is 6.56. The van der Waals surface area contributed by atoms with Crippen molar-refractivity contribution < 1.29 is 14.4 Å². The van der Waals surface area contributed by atoms with E-state index < -0.39 is 11.9 Å². The minimum Gasteiger partial charge on any atom is -0.368 e. The zero-order valence-electron chi connectivity index (χ0n) is 15.0. The van der Waals surface area contributed by atoms with Gasteiger partial charge < -0.3 is 15.6 Å². The molecule has 1 aliphatic rings. The van der Waals surface area contributed by atoms with Crippen molar-refractivity contribution in [1.29, 1.82) is 0 Å². The molecule has 1 saturated heterocycles. The highest BCUT2D eigenvalue weighted by atomic mass is 16.2. The molecule has 4 rings (SSSR count). The molecule has 0 atom stereocenters. The van der Waals surface area contributed by atoms with Crippen molar-refractivity contribution >= 4 is 34.8 Å². The van der Waals surface area contributed by atoms with Crippen molar-refractivity contribution in [2.45, 2.75) is 13.1 Å². The molecule has 0 unspecified atom stereocenters. The van der Waals surface area contributed by atoms with Gasteiger partial charge in [0.2, 0.25) is 5.91 Å². The summed E-state index contributed by atoms with van der Waals surface area (Å²) >= 11 is 0. The smallest absolute Gasteiger partial charge is 0.329 e. The number of nitrogens with two attached hydrogens (primary N) is 1. The normalized spacial score (nSPS) is 15.4. The molecule has 0 saturated carbocycles. The summed E-state index contributed by atoms with van der Waals surface area (Å²) in [6.45, 7) is 0.233. The summed E-state index contributed by atoms with van der Waals surface area (Å²) < 4.78 is 1.73. The Kier molecular flexibility index (Phi) is 4.41. The minimum absolute atomic E-state index is 0.0319. The average Bonchev–Trinajstić information content (AvgIpc) is 3.15. The molecule has 2 heterocycles. The lowest BCUT2D eigenvalue weighted by Gasteiger charge is -2.11. The molecule has 3 N–H and O–H groups in total. The third-order valence-electron chi connectivity index (χ3n) is 4.59. The van der Waals surface area contributed by atoms with E-state index in [0.29, 0.717) is 0 Å². The van der Waals surface area contributed by atoms with Crippen LogP contribution in [0.25, 0.3) is 17.0 Å². The second kappa shape index (κ2) is 7.03. The number of carbonyl (C=O) groups is 3. The number of fused-ring (bicyclic) bond motifs is 1. The summed E-state index contributed by atoms with van der Waals surface area (Å²) in [5.41, 5.74) is 7.94. The lowest BCUT2D eigenvalue weighted by molar-refractivity contribution is -0.123. The van der Waals surface area contributed by atoms with Gasteiger partial charge in [-0.05, 0) is 17.7 Å². The number of primary amides is 1. The molecule has 1 aliphatic heterocycles. The van der Waals surface area contributed by atoms with Gasteiger partial charge in [0.15, 0.2) is 0 Å². The summed E-state index contributed by atoms with van der Waals surface area (Å²) in [5.74, 6) is -0.847. The van der Waals surface area contributed by atoms with Gasteiger partial charge in [0.1, 0.15) is 12.2 Å². The molecule has 7 nitrogen and oxygen atoms in total. The fourth-order valence-electron chi connectivity index (χ4n) is 3.33. The molecule has 4 amide bonds. The topological polar surface area (TPSA) is 97.4 Å². The van der Waals surface area contributed by atoms with Crippen LogP contribution in [0.5, 0.6) is 0 Å². The highest BCUT2D eigenvalue weighted by Crippen LogP contribution is 2.25. The number of nitrogens with zero attached hydrogens (tertiary/aromatic N) is 2. The largest absolute Gasteiger partial charge is 0.368 e. The van der Waals surface area contributed by atoms with Crippen molar-refractivity contribution in [3.8, 4) is 0 Å². The number of imide groups is 1. The molecule has 7 heteroatoms. The van der Waals surface area contributed by atoms with Gasteiger partial charge in [-0.1, -0.05) is 48.5 Å². The number of rotatable bonds is 5. The fourth-order valence-corrected chi connectivity index (χ4v) is 3.33. The van der Waals surface area contributed by atoms with Gasteiger partial charge in [-0.2, -0.15) is 0 Å². The number of hydrogen-bond acceptors (Lipinski definition) is 3. The Bertz CT molecular complexity index is 1120. The van der Waals surface area contributed by atoms with E-state index in [-0.39, 0.29) is 24.7 Å². The van der Waals surface area contributed by atoms with E-state index >= 15 is 0 Å². The second-order valence-corrected chi connectivity index (χ2v) is 6.56. The van der Waals surface area contributed by atoms with Crippen LogP contribution in [0.1, 0.15) is 11.1 Å². The molecule has 0 spiro atoms. The van der Waals surface area contributed by atoms with E-state index in [4.69, 9.17) is 5.73 Å². The Morgan fingerprint density at radius 3 is 2.50 bits per heavy atom. The van der Waals surface area contributed by atoms with Gasteiger partial charge in [0.05, 0.1) is 6.54 Å². The number of aromatic nitrogens is 1. The molecule has 1 aromatic heterocycles. The van der Waals surface area contributed by atoms with E-state index in [1.54, 1.807) is 16.8 Å². The summed E-state index contributed by atoms with van der Waals surface area (Å²) in [7, 11) is 0. The Labute approximate surface area is 161 Å². The molecule has 140 valence electrons. The van der Waals surface area contributed by atoms with Crippen molar-refractivity contribution in [3.05, 3.63) is 77.6 Å². The molecule has 0 bridgehead atoms. The summed E-state index contributed by atoms with van der Waals surface area (Å²) in [6.07, 6.45) is 3.38. The number of urea groups is 1. The Morgan fingerprint density at radius 2 is 1.75 bits per heavy atom. The van der Waals surface area contributed by atoms with Crippen LogP contribution in [0, 0.1) is 0 Å². The molecule has 0 aliphatic carbocycles. The Balaban J connectivity index is 1.67. The first kappa shape index (κ1) is 17.5. The van der Waals surface area contributed by atoms with Gasteiger partial charge >= 0.3 is 6.03 Å². The van der Waals surface area contributed by atoms with Gasteiger partial charge in [-0.25, -0.2) is 4.79 Å². The molecule has 1 fully saturated rings. The van der Waals surface area contributed by atoms with Crippen LogP contribution in [0.15, 0.2) is 66.5 Å². The average molecular weight is 374 g/mol. The molecular formula is C21H18N4O3. The summed E-state index contributed by atoms with van der Waals surface area (Å²) in [5, 5.41) is 3.50. The van der Waals surface area contributed by atoms with Gasteiger partial charge in [0.25, 0.3) is 5.91 Å². The van der Waals surface area contributed by atoms with Crippen LogP contribution >= 0.6 is 0 Å². The predicted molar refractivity (Wildman–Crippen MR) is 105 cm³/mol. The fraction of sp³-hybridized carbons (Fsp3) is 0.0952. The van der Waals surface area contributed by atoms with Gasteiger partial charge in [0, 0.05) is 22.7 Å².